The van der Waals surface area contributed by atoms with E-state index < -0.39 is 0 Å². The molecule has 0 atom stereocenters. The average Bonchev–Trinajstić information content (AvgIpc) is 2.74. The average molecular weight is 452 g/mol. The van der Waals surface area contributed by atoms with Gasteiger partial charge in [0.25, 0.3) is 0 Å². The van der Waals surface area contributed by atoms with Gasteiger partial charge in [0.1, 0.15) is 5.69 Å². The van der Waals surface area contributed by atoms with Gasteiger partial charge in [0.05, 0.1) is 19.6 Å². The van der Waals surface area contributed by atoms with Crippen LogP contribution in [0.4, 0.5) is 5.69 Å². The maximum absolute atomic E-state index is 2.39. The molecule has 0 unspecified atom stereocenters. The van der Waals surface area contributed by atoms with E-state index in [9.17, 15) is 0 Å². The monoisotopic (exact) mass is 451 g/mol. The van der Waals surface area contributed by atoms with E-state index in [0.29, 0.717) is 0 Å². The number of nitrogens with zero attached hydrogens (tertiary/aromatic N) is 1. The fourth-order valence-corrected chi connectivity index (χ4v) is 5.26. The molecule has 31 heavy (non-hydrogen) atoms. The molecule has 1 nitrogen and oxygen atoms in total. The third-order valence-electron chi connectivity index (χ3n) is 6.87. The molecular formula is C29H54ClN. The van der Waals surface area contributed by atoms with Crippen LogP contribution in [-0.4, -0.2) is 19.6 Å². The maximum Gasteiger partial charge on any atom is 0.135 e. The van der Waals surface area contributed by atoms with Crippen LogP contribution in [0.1, 0.15) is 129 Å². The van der Waals surface area contributed by atoms with Crippen molar-refractivity contribution in [1.29, 1.82) is 0 Å². The molecule has 2 heteroatoms. The second kappa shape index (κ2) is 20.1. The van der Waals surface area contributed by atoms with Crippen molar-refractivity contribution in [1.82, 2.24) is 4.48 Å². The van der Waals surface area contributed by atoms with E-state index in [1.165, 1.54) is 132 Å². The van der Waals surface area contributed by atoms with Crippen LogP contribution in [0, 0.1) is 6.92 Å². The number of quaternary nitrogens is 1. The summed E-state index contributed by atoms with van der Waals surface area (Å²) in [6.45, 7) is 13.2. The molecule has 0 aliphatic carbocycles. The van der Waals surface area contributed by atoms with Crippen molar-refractivity contribution in [3.63, 3.8) is 0 Å². The number of benzene rings is 1. The van der Waals surface area contributed by atoms with Gasteiger partial charge in [0.15, 0.2) is 0 Å². The molecule has 182 valence electrons. The fraction of sp³-hybridized carbons (Fsp3) is 0.793. The van der Waals surface area contributed by atoms with Crippen molar-refractivity contribution in [3.8, 4) is 0 Å². The van der Waals surface area contributed by atoms with Crippen molar-refractivity contribution >= 4 is 5.69 Å². The highest BCUT2D eigenvalue weighted by molar-refractivity contribution is 5.49. The number of halogens is 1. The van der Waals surface area contributed by atoms with Gasteiger partial charge in [-0.3, -0.25) is 4.48 Å². The van der Waals surface area contributed by atoms with Gasteiger partial charge in [-0.2, -0.15) is 0 Å². The Balaban J connectivity index is 0.00000900. The molecule has 0 aliphatic rings. The number of aryl methyl sites for hydroxylation is 1. The van der Waals surface area contributed by atoms with Crippen LogP contribution in [0.15, 0.2) is 24.3 Å². The van der Waals surface area contributed by atoms with Crippen molar-refractivity contribution in [2.75, 3.05) is 19.6 Å². The Bertz CT molecular complexity index is 507. The van der Waals surface area contributed by atoms with E-state index in [1.54, 1.807) is 5.69 Å². The highest BCUT2D eigenvalue weighted by atomic mass is 35.5. The van der Waals surface area contributed by atoms with Gasteiger partial charge >= 0.3 is 0 Å². The summed E-state index contributed by atoms with van der Waals surface area (Å²) in [4.78, 5) is 0. The van der Waals surface area contributed by atoms with Crippen LogP contribution < -0.4 is 16.9 Å². The highest BCUT2D eigenvalue weighted by Crippen LogP contribution is 2.29. The minimum absolute atomic E-state index is 0. The first-order valence-corrected chi connectivity index (χ1v) is 13.6. The molecule has 0 fully saturated rings. The Morgan fingerprint density at radius 2 is 0.935 bits per heavy atom. The van der Waals surface area contributed by atoms with Gasteiger partial charge in [-0.25, -0.2) is 0 Å². The van der Waals surface area contributed by atoms with Crippen LogP contribution in [0.25, 0.3) is 0 Å². The quantitative estimate of drug-likeness (QED) is 0.154. The Labute approximate surface area is 202 Å². The van der Waals surface area contributed by atoms with E-state index in [0.717, 1.165) is 0 Å². The summed E-state index contributed by atoms with van der Waals surface area (Å²) in [6, 6.07) is 9.13. The Hall–Kier alpha value is -0.530. The van der Waals surface area contributed by atoms with Crippen LogP contribution in [0.2, 0.25) is 0 Å². The molecule has 0 heterocycles. The molecule has 0 saturated heterocycles. The van der Waals surface area contributed by atoms with Crippen LogP contribution in [-0.2, 0) is 0 Å². The lowest BCUT2D eigenvalue weighted by molar-refractivity contribution is -0.00000672. The molecule has 0 N–H and O–H groups in total. The number of hydrogen-bond donors (Lipinski definition) is 0. The van der Waals surface area contributed by atoms with Gasteiger partial charge in [-0.1, -0.05) is 116 Å². The minimum Gasteiger partial charge on any atom is -1.00 e. The lowest BCUT2D eigenvalue weighted by atomic mass is 10.0. The van der Waals surface area contributed by atoms with E-state index in [-0.39, 0.29) is 12.4 Å². The predicted molar refractivity (Wildman–Crippen MR) is 138 cm³/mol. The van der Waals surface area contributed by atoms with Crippen molar-refractivity contribution in [2.45, 2.75) is 130 Å². The van der Waals surface area contributed by atoms with Crippen LogP contribution in [0.5, 0.6) is 0 Å². The molecule has 0 spiro atoms. The second-order valence-electron chi connectivity index (χ2n) is 9.70. The molecule has 0 amide bonds. The molecule has 1 rings (SSSR count). The van der Waals surface area contributed by atoms with E-state index >= 15 is 0 Å². The van der Waals surface area contributed by atoms with Crippen molar-refractivity contribution in [2.24, 2.45) is 0 Å². The van der Waals surface area contributed by atoms with Gasteiger partial charge < -0.3 is 12.4 Å². The third-order valence-corrected chi connectivity index (χ3v) is 6.87. The second-order valence-corrected chi connectivity index (χ2v) is 9.70. The van der Waals surface area contributed by atoms with Crippen molar-refractivity contribution in [3.05, 3.63) is 29.8 Å². The minimum atomic E-state index is 0. The van der Waals surface area contributed by atoms with Gasteiger partial charge in [0.2, 0.25) is 0 Å². The molecule has 0 aromatic heterocycles. The summed E-state index contributed by atoms with van der Waals surface area (Å²) in [6.07, 6.45) is 22.7. The van der Waals surface area contributed by atoms with Crippen molar-refractivity contribution < 1.29 is 12.4 Å². The molecule has 1 aromatic carbocycles. The first-order chi connectivity index (χ1) is 14.7. The van der Waals surface area contributed by atoms with Gasteiger partial charge in [-0.05, 0) is 38.7 Å². The summed E-state index contributed by atoms with van der Waals surface area (Å²) in [5.41, 5.74) is 3.06. The maximum atomic E-state index is 2.39. The first kappa shape index (κ1) is 30.5. The van der Waals surface area contributed by atoms with Crippen LogP contribution >= 0.6 is 0 Å². The number of rotatable bonds is 20. The fourth-order valence-electron chi connectivity index (χ4n) is 5.26. The zero-order valence-electron chi connectivity index (χ0n) is 21.6. The largest absolute Gasteiger partial charge is 1.00 e. The summed E-state index contributed by atoms with van der Waals surface area (Å²) in [5.74, 6) is 0. The zero-order valence-corrected chi connectivity index (χ0v) is 22.3. The van der Waals surface area contributed by atoms with E-state index in [1.807, 2.05) is 0 Å². The van der Waals surface area contributed by atoms with Gasteiger partial charge in [-0.15, -0.1) is 0 Å². The predicted octanol–water partition coefficient (Wildman–Crippen LogP) is 6.61. The Morgan fingerprint density at radius 3 is 1.35 bits per heavy atom. The molecule has 0 saturated carbocycles. The molecule has 1 aromatic rings. The number of para-hydroxylation sites is 1. The van der Waals surface area contributed by atoms with E-state index in [2.05, 4.69) is 52.0 Å². The lowest BCUT2D eigenvalue weighted by Crippen LogP contribution is -3.00. The molecule has 0 aliphatic heterocycles. The SMILES string of the molecule is CCCCCCCCCCCCCCCC[N+](CCC)(CCC)c1ccccc1C.[Cl-]. The Morgan fingerprint density at radius 1 is 0.516 bits per heavy atom. The lowest BCUT2D eigenvalue weighted by Gasteiger charge is -2.39. The summed E-state index contributed by atoms with van der Waals surface area (Å²) < 4.78 is 1.21. The van der Waals surface area contributed by atoms with Crippen LogP contribution in [0.3, 0.4) is 0 Å². The topological polar surface area (TPSA) is 0 Å². The highest BCUT2D eigenvalue weighted by Gasteiger charge is 2.29. The van der Waals surface area contributed by atoms with E-state index in [4.69, 9.17) is 0 Å². The smallest absolute Gasteiger partial charge is 0.135 e. The molecule has 0 bridgehead atoms. The number of hydrogen-bond acceptors (Lipinski definition) is 0. The standard InChI is InChI=1S/C29H54N.ClH/c1-5-8-9-10-11-12-13-14-15-16-17-18-19-22-27-30(25-6-2,26-7-3)29-24-21-20-23-28(29)4;/h20-21,23-24H,5-19,22,25-27H2,1-4H3;1H/q+1;/p-1. The zero-order chi connectivity index (χ0) is 21.9. The molecular weight excluding hydrogens is 398 g/mol. The summed E-state index contributed by atoms with van der Waals surface area (Å²) in [5, 5.41) is 0. The molecule has 0 radical (unpaired) electrons. The van der Waals surface area contributed by atoms with Gasteiger partial charge in [0, 0.05) is 5.56 Å². The summed E-state index contributed by atoms with van der Waals surface area (Å²) in [7, 11) is 0. The third kappa shape index (κ3) is 12.9. The number of unbranched alkanes of at least 4 members (excludes halogenated alkanes) is 13. The first-order valence-electron chi connectivity index (χ1n) is 13.6. The normalized spacial score (nSPS) is 11.5. The summed E-state index contributed by atoms with van der Waals surface area (Å²) >= 11 is 0. The Kier molecular flexibility index (Phi) is 19.8.